The van der Waals surface area contributed by atoms with Gasteiger partial charge in [-0.05, 0) is 43.7 Å². The summed E-state index contributed by atoms with van der Waals surface area (Å²) in [7, 11) is 0. The Morgan fingerprint density at radius 3 is 2.81 bits per heavy atom. The number of hydrogen-bond donors (Lipinski definition) is 2. The Morgan fingerprint density at radius 2 is 2.00 bits per heavy atom. The first kappa shape index (κ1) is 13.7. The Bertz CT molecular complexity index is 818. The summed E-state index contributed by atoms with van der Waals surface area (Å²) >= 11 is 6.04. The number of aryl methyl sites for hydroxylation is 2. The van der Waals surface area contributed by atoms with Crippen molar-refractivity contribution in [1.82, 2.24) is 4.98 Å². The summed E-state index contributed by atoms with van der Waals surface area (Å²) in [5.74, 6) is 0. The maximum atomic E-state index is 6.04. The molecule has 106 valence electrons. The molecule has 21 heavy (non-hydrogen) atoms. The highest BCUT2D eigenvalue weighted by Gasteiger charge is 2.02. The van der Waals surface area contributed by atoms with Gasteiger partial charge in [0.25, 0.3) is 0 Å². The quantitative estimate of drug-likeness (QED) is 0.525. The largest absolute Gasteiger partial charge is 0.361 e. The molecule has 1 aromatic heterocycles. The van der Waals surface area contributed by atoms with Crippen LogP contribution in [0.1, 0.15) is 16.7 Å². The van der Waals surface area contributed by atoms with Gasteiger partial charge in [0, 0.05) is 27.7 Å². The van der Waals surface area contributed by atoms with Gasteiger partial charge in [-0.15, -0.1) is 0 Å². The zero-order valence-electron chi connectivity index (χ0n) is 11.9. The van der Waals surface area contributed by atoms with Crippen LogP contribution in [0.4, 0.5) is 5.69 Å². The highest BCUT2D eigenvalue weighted by atomic mass is 35.5. The molecule has 3 aromatic rings. The number of fused-ring (bicyclic) bond motifs is 1. The van der Waals surface area contributed by atoms with Crippen molar-refractivity contribution in [2.45, 2.75) is 13.8 Å². The van der Waals surface area contributed by atoms with E-state index in [1.54, 1.807) is 6.21 Å². The van der Waals surface area contributed by atoms with E-state index in [1.807, 2.05) is 30.5 Å². The van der Waals surface area contributed by atoms with Crippen molar-refractivity contribution in [3.63, 3.8) is 0 Å². The van der Waals surface area contributed by atoms with Gasteiger partial charge >= 0.3 is 0 Å². The van der Waals surface area contributed by atoms with Crippen molar-refractivity contribution in [2.24, 2.45) is 5.10 Å². The molecule has 0 fully saturated rings. The molecule has 0 amide bonds. The number of H-pyrrole nitrogens is 1. The second-order valence-electron chi connectivity index (χ2n) is 5.12. The van der Waals surface area contributed by atoms with E-state index in [0.29, 0.717) is 0 Å². The highest BCUT2D eigenvalue weighted by molar-refractivity contribution is 6.31. The van der Waals surface area contributed by atoms with Gasteiger partial charge in [0.15, 0.2) is 0 Å². The predicted octanol–water partition coefficient (Wildman–Crippen LogP) is 4.88. The Labute approximate surface area is 128 Å². The first-order valence-electron chi connectivity index (χ1n) is 6.76. The van der Waals surface area contributed by atoms with Gasteiger partial charge in [0.2, 0.25) is 0 Å². The van der Waals surface area contributed by atoms with Crippen molar-refractivity contribution in [2.75, 3.05) is 5.43 Å². The fourth-order valence-corrected chi connectivity index (χ4v) is 2.50. The molecule has 0 aliphatic carbocycles. The lowest BCUT2D eigenvalue weighted by Gasteiger charge is -2.05. The Morgan fingerprint density at radius 1 is 1.14 bits per heavy atom. The van der Waals surface area contributed by atoms with Crippen LogP contribution < -0.4 is 5.43 Å². The van der Waals surface area contributed by atoms with E-state index in [4.69, 9.17) is 11.6 Å². The molecule has 0 aliphatic heterocycles. The standard InChI is InChI=1S/C17H16ClN3/c1-11-3-5-16(12(2)7-11)21-20-10-13-9-19-17-6-4-14(18)8-15(13)17/h3-10,19,21H,1-2H3. The van der Waals surface area contributed by atoms with Crippen LogP contribution in [0.5, 0.6) is 0 Å². The van der Waals surface area contributed by atoms with Crippen LogP contribution in [0, 0.1) is 13.8 Å². The van der Waals surface area contributed by atoms with Crippen LogP contribution in [0.3, 0.4) is 0 Å². The molecule has 1 heterocycles. The lowest BCUT2D eigenvalue weighted by atomic mass is 10.1. The van der Waals surface area contributed by atoms with Crippen molar-refractivity contribution in [3.8, 4) is 0 Å². The van der Waals surface area contributed by atoms with Crippen molar-refractivity contribution in [1.29, 1.82) is 0 Å². The summed E-state index contributed by atoms with van der Waals surface area (Å²) < 4.78 is 0. The number of anilines is 1. The van der Waals surface area contributed by atoms with Gasteiger partial charge in [-0.2, -0.15) is 5.10 Å². The molecule has 0 saturated heterocycles. The fraction of sp³-hybridized carbons (Fsp3) is 0.118. The lowest BCUT2D eigenvalue weighted by molar-refractivity contribution is 1.29. The van der Waals surface area contributed by atoms with Crippen LogP contribution >= 0.6 is 11.6 Å². The van der Waals surface area contributed by atoms with E-state index in [0.717, 1.165) is 27.2 Å². The third kappa shape index (κ3) is 2.93. The number of hydrogen-bond acceptors (Lipinski definition) is 2. The number of nitrogens with one attached hydrogen (secondary N) is 2. The molecule has 0 saturated carbocycles. The molecule has 3 nitrogen and oxygen atoms in total. The number of benzene rings is 2. The zero-order chi connectivity index (χ0) is 14.8. The molecule has 3 rings (SSSR count). The van der Waals surface area contributed by atoms with Gasteiger partial charge in [0.05, 0.1) is 11.9 Å². The molecular weight excluding hydrogens is 282 g/mol. The Balaban J connectivity index is 1.83. The summed E-state index contributed by atoms with van der Waals surface area (Å²) in [6.45, 7) is 4.14. The smallest absolute Gasteiger partial charge is 0.0591 e. The molecule has 4 heteroatoms. The molecule has 0 bridgehead atoms. The molecule has 0 spiro atoms. The van der Waals surface area contributed by atoms with Crippen LogP contribution in [0.15, 0.2) is 47.7 Å². The van der Waals surface area contributed by atoms with Crippen LogP contribution in [-0.2, 0) is 0 Å². The minimum absolute atomic E-state index is 0.721. The van der Waals surface area contributed by atoms with E-state index in [2.05, 4.69) is 41.5 Å². The molecule has 2 aromatic carbocycles. The average molecular weight is 298 g/mol. The van der Waals surface area contributed by atoms with Crippen molar-refractivity contribution in [3.05, 3.63) is 64.3 Å². The first-order chi connectivity index (χ1) is 10.1. The molecular formula is C17H16ClN3. The SMILES string of the molecule is Cc1ccc(NN=Cc2c[nH]c3ccc(Cl)cc23)c(C)c1. The number of aromatic amines is 1. The Kier molecular flexibility index (Phi) is 3.67. The van der Waals surface area contributed by atoms with Crippen molar-refractivity contribution >= 4 is 34.4 Å². The minimum atomic E-state index is 0.721. The Hall–Kier alpha value is -2.26. The van der Waals surface area contributed by atoms with Crippen LogP contribution in [0.25, 0.3) is 10.9 Å². The summed E-state index contributed by atoms with van der Waals surface area (Å²) in [5, 5.41) is 6.10. The van der Waals surface area contributed by atoms with Crippen molar-refractivity contribution < 1.29 is 0 Å². The third-order valence-corrected chi connectivity index (χ3v) is 3.68. The molecule has 0 aliphatic rings. The van der Waals surface area contributed by atoms with Gasteiger partial charge in [-0.25, -0.2) is 0 Å². The summed E-state index contributed by atoms with van der Waals surface area (Å²) in [6.07, 6.45) is 3.72. The number of halogens is 1. The molecule has 0 unspecified atom stereocenters. The second-order valence-corrected chi connectivity index (χ2v) is 5.56. The van der Waals surface area contributed by atoms with E-state index in [1.165, 1.54) is 11.1 Å². The van der Waals surface area contributed by atoms with Gasteiger partial charge in [0.1, 0.15) is 0 Å². The summed E-state index contributed by atoms with van der Waals surface area (Å²) in [4.78, 5) is 3.21. The maximum absolute atomic E-state index is 6.04. The maximum Gasteiger partial charge on any atom is 0.0591 e. The summed E-state index contributed by atoms with van der Waals surface area (Å²) in [5.41, 5.74) is 8.56. The monoisotopic (exact) mass is 297 g/mol. The second kappa shape index (κ2) is 5.62. The first-order valence-corrected chi connectivity index (χ1v) is 7.14. The summed E-state index contributed by atoms with van der Waals surface area (Å²) in [6, 6.07) is 12.0. The number of hydrazone groups is 1. The molecule has 0 atom stereocenters. The minimum Gasteiger partial charge on any atom is -0.361 e. The number of aromatic nitrogens is 1. The zero-order valence-corrected chi connectivity index (χ0v) is 12.7. The molecule has 0 radical (unpaired) electrons. The van der Waals surface area contributed by atoms with Gasteiger partial charge in [-0.3, -0.25) is 5.43 Å². The van der Waals surface area contributed by atoms with E-state index >= 15 is 0 Å². The fourth-order valence-electron chi connectivity index (χ4n) is 2.33. The van der Waals surface area contributed by atoms with Gasteiger partial charge in [-0.1, -0.05) is 29.3 Å². The average Bonchev–Trinajstić information content (AvgIpc) is 2.84. The van der Waals surface area contributed by atoms with Crippen LogP contribution in [0.2, 0.25) is 5.02 Å². The number of nitrogens with zero attached hydrogens (tertiary/aromatic N) is 1. The normalized spacial score (nSPS) is 11.4. The third-order valence-electron chi connectivity index (χ3n) is 3.45. The lowest BCUT2D eigenvalue weighted by Crippen LogP contribution is -1.93. The van der Waals surface area contributed by atoms with E-state index < -0.39 is 0 Å². The van der Waals surface area contributed by atoms with Gasteiger partial charge < -0.3 is 4.98 Å². The van der Waals surface area contributed by atoms with E-state index in [-0.39, 0.29) is 0 Å². The van der Waals surface area contributed by atoms with E-state index in [9.17, 15) is 0 Å². The molecule has 2 N–H and O–H groups in total. The highest BCUT2D eigenvalue weighted by Crippen LogP contribution is 2.21. The predicted molar refractivity (Wildman–Crippen MR) is 90.4 cm³/mol. The topological polar surface area (TPSA) is 40.2 Å². The van der Waals surface area contributed by atoms with Crippen LogP contribution in [-0.4, -0.2) is 11.2 Å². The number of rotatable bonds is 3.